The van der Waals surface area contributed by atoms with Crippen molar-refractivity contribution in [2.24, 2.45) is 16.0 Å². The standard InChI is InChI=1S/C11H21N3O2S/c1-3-5-7-10(12,9(15)16)8(17)11(6-4-2)13-14-11/h8,17H,3-7,12H2,1-2H3,(H,15,16). The molecule has 0 aliphatic carbocycles. The summed E-state index contributed by atoms with van der Waals surface area (Å²) >= 11 is 4.41. The largest absolute Gasteiger partial charge is 0.480 e. The van der Waals surface area contributed by atoms with Crippen LogP contribution in [-0.2, 0) is 4.79 Å². The van der Waals surface area contributed by atoms with Gasteiger partial charge in [-0.3, -0.25) is 4.79 Å². The summed E-state index contributed by atoms with van der Waals surface area (Å²) in [5, 5.41) is 16.7. The zero-order chi connectivity index (χ0) is 13.1. The fourth-order valence-corrected chi connectivity index (χ4v) is 2.49. The summed E-state index contributed by atoms with van der Waals surface area (Å²) in [4.78, 5) is 11.4. The van der Waals surface area contributed by atoms with Gasteiger partial charge in [-0.15, -0.1) is 0 Å². The van der Waals surface area contributed by atoms with Crippen molar-refractivity contribution in [3.05, 3.63) is 0 Å². The van der Waals surface area contributed by atoms with E-state index in [0.717, 1.165) is 19.3 Å². The summed E-state index contributed by atoms with van der Waals surface area (Å²) in [6, 6.07) is 0. The monoisotopic (exact) mass is 259 g/mol. The molecule has 2 atom stereocenters. The smallest absolute Gasteiger partial charge is 0.325 e. The third-order valence-electron chi connectivity index (χ3n) is 3.24. The van der Waals surface area contributed by atoms with Gasteiger partial charge in [0.05, 0.1) is 5.25 Å². The zero-order valence-corrected chi connectivity index (χ0v) is 11.3. The average Bonchev–Trinajstić information content (AvgIpc) is 3.06. The highest BCUT2D eigenvalue weighted by molar-refractivity contribution is 7.81. The van der Waals surface area contributed by atoms with Gasteiger partial charge in [-0.2, -0.15) is 22.9 Å². The summed E-state index contributed by atoms with van der Waals surface area (Å²) in [7, 11) is 0. The van der Waals surface area contributed by atoms with Gasteiger partial charge in [0.1, 0.15) is 5.54 Å². The predicted molar refractivity (Wildman–Crippen MR) is 69.3 cm³/mol. The second kappa shape index (κ2) is 5.35. The molecule has 0 fully saturated rings. The summed E-state index contributed by atoms with van der Waals surface area (Å²) in [5.74, 6) is -1.02. The maximum absolute atomic E-state index is 11.4. The molecule has 3 N–H and O–H groups in total. The molecule has 2 unspecified atom stereocenters. The molecule has 0 amide bonds. The molecule has 1 aliphatic heterocycles. The number of hydrogen-bond acceptors (Lipinski definition) is 5. The maximum Gasteiger partial charge on any atom is 0.325 e. The highest BCUT2D eigenvalue weighted by Gasteiger charge is 2.56. The molecule has 5 nitrogen and oxygen atoms in total. The number of carbonyl (C=O) groups is 1. The molecule has 1 rings (SSSR count). The lowest BCUT2D eigenvalue weighted by Crippen LogP contribution is -2.60. The number of nitrogens with zero attached hydrogens (tertiary/aromatic N) is 2. The topological polar surface area (TPSA) is 88.0 Å². The molecule has 1 heterocycles. The van der Waals surface area contributed by atoms with Gasteiger partial charge in [-0.25, -0.2) is 0 Å². The van der Waals surface area contributed by atoms with Crippen LogP contribution in [0.4, 0.5) is 0 Å². The number of carboxylic acids is 1. The van der Waals surface area contributed by atoms with E-state index in [1.807, 2.05) is 13.8 Å². The minimum Gasteiger partial charge on any atom is -0.480 e. The SMILES string of the molecule is CCCCC(N)(C(=O)O)C(S)C1(CCC)N=N1. The van der Waals surface area contributed by atoms with E-state index in [2.05, 4.69) is 22.9 Å². The third kappa shape index (κ3) is 2.80. The van der Waals surface area contributed by atoms with Crippen LogP contribution in [0.15, 0.2) is 10.2 Å². The first-order chi connectivity index (χ1) is 7.93. The lowest BCUT2D eigenvalue weighted by atomic mass is 9.83. The highest BCUT2D eigenvalue weighted by Crippen LogP contribution is 2.44. The van der Waals surface area contributed by atoms with Crippen LogP contribution in [-0.4, -0.2) is 27.5 Å². The molecule has 98 valence electrons. The van der Waals surface area contributed by atoms with Crippen molar-refractivity contribution >= 4 is 18.6 Å². The Morgan fingerprint density at radius 1 is 1.47 bits per heavy atom. The molecule has 1 aliphatic rings. The molecule has 0 bridgehead atoms. The van der Waals surface area contributed by atoms with Gasteiger partial charge in [0.2, 0.25) is 5.66 Å². The average molecular weight is 259 g/mol. The molecule has 0 spiro atoms. The van der Waals surface area contributed by atoms with E-state index in [-0.39, 0.29) is 0 Å². The lowest BCUT2D eigenvalue weighted by Gasteiger charge is -2.33. The van der Waals surface area contributed by atoms with Crippen LogP contribution in [0, 0.1) is 0 Å². The normalized spacial score (nSPS) is 21.9. The van der Waals surface area contributed by atoms with E-state index in [4.69, 9.17) is 5.73 Å². The van der Waals surface area contributed by atoms with Crippen molar-refractivity contribution < 1.29 is 9.90 Å². The molecule has 0 radical (unpaired) electrons. The Labute approximate surface area is 107 Å². The van der Waals surface area contributed by atoms with E-state index < -0.39 is 22.4 Å². The van der Waals surface area contributed by atoms with Crippen molar-refractivity contribution in [2.45, 2.75) is 62.4 Å². The van der Waals surface area contributed by atoms with Crippen LogP contribution in [0.2, 0.25) is 0 Å². The highest BCUT2D eigenvalue weighted by atomic mass is 32.1. The van der Waals surface area contributed by atoms with Gasteiger partial charge in [-0.05, 0) is 12.8 Å². The van der Waals surface area contributed by atoms with Gasteiger partial charge >= 0.3 is 5.97 Å². The molecular formula is C11H21N3O2S. The molecule has 0 saturated heterocycles. The second-order valence-corrected chi connectivity index (χ2v) is 5.20. The van der Waals surface area contributed by atoms with Crippen molar-refractivity contribution in [1.29, 1.82) is 0 Å². The minimum absolute atomic E-state index is 0.406. The quantitative estimate of drug-likeness (QED) is 0.584. The van der Waals surface area contributed by atoms with E-state index >= 15 is 0 Å². The van der Waals surface area contributed by atoms with Crippen LogP contribution < -0.4 is 5.73 Å². The molecule has 17 heavy (non-hydrogen) atoms. The Bertz CT molecular complexity index is 316. The number of hydrogen-bond donors (Lipinski definition) is 3. The third-order valence-corrected chi connectivity index (χ3v) is 4.12. The Morgan fingerprint density at radius 2 is 2.06 bits per heavy atom. The Hall–Kier alpha value is -0.620. The van der Waals surface area contributed by atoms with E-state index in [0.29, 0.717) is 12.8 Å². The minimum atomic E-state index is -1.35. The van der Waals surface area contributed by atoms with Crippen molar-refractivity contribution in [2.75, 3.05) is 0 Å². The van der Waals surface area contributed by atoms with Crippen molar-refractivity contribution in [3.8, 4) is 0 Å². The predicted octanol–water partition coefficient (Wildman–Crippen LogP) is 2.22. The van der Waals surface area contributed by atoms with Crippen LogP contribution in [0.5, 0.6) is 0 Å². The lowest BCUT2D eigenvalue weighted by molar-refractivity contribution is -0.144. The van der Waals surface area contributed by atoms with Crippen molar-refractivity contribution in [3.63, 3.8) is 0 Å². The Kier molecular flexibility index (Phi) is 4.55. The maximum atomic E-state index is 11.4. The number of thiol groups is 1. The first kappa shape index (κ1) is 14.4. The molecule has 0 aromatic heterocycles. The molecule has 0 aromatic rings. The Balaban J connectivity index is 2.80. The van der Waals surface area contributed by atoms with Gasteiger partial charge in [0, 0.05) is 0 Å². The van der Waals surface area contributed by atoms with Crippen LogP contribution in [0.1, 0.15) is 46.0 Å². The number of unbranched alkanes of at least 4 members (excludes halogenated alkanes) is 1. The van der Waals surface area contributed by atoms with Gasteiger partial charge in [0.15, 0.2) is 0 Å². The van der Waals surface area contributed by atoms with Gasteiger partial charge in [-0.1, -0.05) is 33.1 Å². The number of aliphatic carboxylic acids is 1. The van der Waals surface area contributed by atoms with Gasteiger partial charge in [0.25, 0.3) is 0 Å². The summed E-state index contributed by atoms with van der Waals surface area (Å²) in [5.41, 5.74) is 4.01. The molecule has 0 saturated carbocycles. The first-order valence-corrected chi connectivity index (χ1v) is 6.59. The first-order valence-electron chi connectivity index (χ1n) is 6.07. The summed E-state index contributed by atoms with van der Waals surface area (Å²) in [6.07, 6.45) is 3.67. The van der Waals surface area contributed by atoms with Crippen LogP contribution in [0.3, 0.4) is 0 Å². The molecular weight excluding hydrogens is 238 g/mol. The van der Waals surface area contributed by atoms with Crippen LogP contribution in [0.25, 0.3) is 0 Å². The summed E-state index contributed by atoms with van der Waals surface area (Å²) in [6.45, 7) is 4.01. The van der Waals surface area contributed by atoms with Gasteiger partial charge < -0.3 is 10.8 Å². The van der Waals surface area contributed by atoms with Crippen molar-refractivity contribution in [1.82, 2.24) is 0 Å². The molecule has 0 aromatic carbocycles. The number of nitrogens with two attached hydrogens (primary N) is 1. The fourth-order valence-electron chi connectivity index (χ4n) is 2.02. The van der Waals surface area contributed by atoms with E-state index in [9.17, 15) is 9.90 Å². The summed E-state index contributed by atoms with van der Waals surface area (Å²) < 4.78 is 0. The van der Waals surface area contributed by atoms with Crippen LogP contribution >= 0.6 is 12.6 Å². The molecule has 6 heteroatoms. The second-order valence-electron chi connectivity index (χ2n) is 4.68. The fraction of sp³-hybridized carbons (Fsp3) is 0.909. The van der Waals surface area contributed by atoms with E-state index in [1.54, 1.807) is 0 Å². The zero-order valence-electron chi connectivity index (χ0n) is 10.4. The van der Waals surface area contributed by atoms with E-state index in [1.165, 1.54) is 0 Å². The Morgan fingerprint density at radius 3 is 2.41 bits per heavy atom. The number of carboxylic acid groups (broad SMARTS) is 1. The number of rotatable bonds is 8.